The van der Waals surface area contributed by atoms with Gasteiger partial charge < -0.3 is 9.30 Å². The van der Waals surface area contributed by atoms with Gasteiger partial charge in [-0.1, -0.05) is 6.07 Å². The van der Waals surface area contributed by atoms with Gasteiger partial charge in [-0.15, -0.1) is 0 Å². The van der Waals surface area contributed by atoms with Gasteiger partial charge in [-0.3, -0.25) is 14.5 Å². The molecule has 1 saturated heterocycles. The molecule has 6 heteroatoms. The fourth-order valence-electron chi connectivity index (χ4n) is 3.43. The Morgan fingerprint density at radius 3 is 2.33 bits per heavy atom. The average Bonchev–Trinajstić information content (AvgIpc) is 3.01. The number of carbonyl (C=O) groups excluding carboxylic acids is 2. The largest absolute Gasteiger partial charge is 0.383 e. The maximum atomic E-state index is 12.5. The van der Waals surface area contributed by atoms with Gasteiger partial charge in [-0.25, -0.2) is 0 Å². The normalized spacial score (nSPS) is 16.0. The first-order valence-electron chi connectivity index (χ1n) is 8.83. The fraction of sp³-hybridized carbons (Fsp3) is 0.333. The molecule has 0 saturated carbocycles. The van der Waals surface area contributed by atoms with Crippen molar-refractivity contribution in [1.82, 2.24) is 9.47 Å². The summed E-state index contributed by atoms with van der Waals surface area (Å²) in [6.07, 6.45) is 1.82. The molecule has 2 heterocycles. The topological polar surface area (TPSA) is 51.5 Å². The molecule has 142 valence electrons. The summed E-state index contributed by atoms with van der Waals surface area (Å²) in [5.74, 6) is -0.252. The quantitative estimate of drug-likeness (QED) is 0.717. The number of aryl methyl sites for hydroxylation is 3. The zero-order valence-corrected chi connectivity index (χ0v) is 17.1. The number of rotatable bonds is 5. The van der Waals surface area contributed by atoms with Gasteiger partial charge in [0.25, 0.3) is 11.1 Å². The van der Waals surface area contributed by atoms with Crippen molar-refractivity contribution in [3.05, 3.63) is 57.2 Å². The maximum Gasteiger partial charge on any atom is 0.293 e. The molecule has 0 spiro atoms. The molecule has 5 nitrogen and oxygen atoms in total. The number of imide groups is 1. The van der Waals surface area contributed by atoms with Gasteiger partial charge in [0.2, 0.25) is 0 Å². The molecule has 1 aromatic heterocycles. The van der Waals surface area contributed by atoms with E-state index in [1.807, 2.05) is 19.9 Å². The molecule has 1 aromatic carbocycles. The van der Waals surface area contributed by atoms with Gasteiger partial charge in [0.15, 0.2) is 0 Å². The molecule has 27 heavy (non-hydrogen) atoms. The summed E-state index contributed by atoms with van der Waals surface area (Å²) in [4.78, 5) is 26.3. The number of ether oxygens (including phenoxy) is 1. The van der Waals surface area contributed by atoms with Crippen LogP contribution in [0.1, 0.15) is 28.1 Å². The van der Waals surface area contributed by atoms with Crippen LogP contribution in [-0.2, 0) is 9.53 Å². The van der Waals surface area contributed by atoms with Crippen LogP contribution in [0, 0.1) is 27.7 Å². The van der Waals surface area contributed by atoms with E-state index in [1.54, 1.807) is 7.11 Å². The van der Waals surface area contributed by atoms with Crippen molar-refractivity contribution in [3.8, 4) is 5.69 Å². The minimum Gasteiger partial charge on any atom is -0.383 e. The van der Waals surface area contributed by atoms with Crippen molar-refractivity contribution in [2.24, 2.45) is 0 Å². The first-order chi connectivity index (χ1) is 12.8. The van der Waals surface area contributed by atoms with Crippen molar-refractivity contribution >= 4 is 29.0 Å². The molecule has 0 radical (unpaired) electrons. The van der Waals surface area contributed by atoms with Gasteiger partial charge >= 0.3 is 0 Å². The molecule has 0 unspecified atom stereocenters. The summed E-state index contributed by atoms with van der Waals surface area (Å²) >= 11 is 0.985. The monoisotopic (exact) mass is 384 g/mol. The summed E-state index contributed by atoms with van der Waals surface area (Å²) in [5, 5.41) is -0.244. The van der Waals surface area contributed by atoms with E-state index in [2.05, 4.69) is 42.7 Å². The Hall–Kier alpha value is -2.31. The van der Waals surface area contributed by atoms with Crippen molar-refractivity contribution in [2.45, 2.75) is 27.7 Å². The smallest absolute Gasteiger partial charge is 0.293 e. The van der Waals surface area contributed by atoms with E-state index in [1.165, 1.54) is 16.0 Å². The van der Waals surface area contributed by atoms with E-state index >= 15 is 0 Å². The van der Waals surface area contributed by atoms with Crippen LogP contribution in [0.25, 0.3) is 11.8 Å². The molecule has 0 aliphatic carbocycles. The lowest BCUT2D eigenvalue weighted by atomic mass is 10.1. The number of methoxy groups -OCH3 is 1. The van der Waals surface area contributed by atoms with E-state index in [0.29, 0.717) is 11.5 Å². The fourth-order valence-corrected chi connectivity index (χ4v) is 4.28. The zero-order chi connectivity index (χ0) is 19.7. The third-order valence-corrected chi connectivity index (χ3v) is 5.52. The highest BCUT2D eigenvalue weighted by Gasteiger charge is 2.34. The lowest BCUT2D eigenvalue weighted by molar-refractivity contribution is -0.123. The highest BCUT2D eigenvalue weighted by atomic mass is 32.2. The summed E-state index contributed by atoms with van der Waals surface area (Å²) < 4.78 is 7.16. The number of carbonyl (C=O) groups is 2. The Kier molecular flexibility index (Phi) is 5.58. The Bertz CT molecular complexity index is 923. The molecule has 3 rings (SSSR count). The van der Waals surface area contributed by atoms with Crippen LogP contribution in [0.5, 0.6) is 0 Å². The number of aromatic nitrogens is 1. The summed E-state index contributed by atoms with van der Waals surface area (Å²) in [5.41, 5.74) is 6.60. The van der Waals surface area contributed by atoms with Gasteiger partial charge in [-0.05, 0) is 80.4 Å². The second kappa shape index (κ2) is 7.74. The predicted octanol–water partition coefficient (Wildman–Crippen LogP) is 4.39. The van der Waals surface area contributed by atoms with Crippen molar-refractivity contribution < 1.29 is 14.3 Å². The molecule has 0 bridgehead atoms. The van der Waals surface area contributed by atoms with Gasteiger partial charge in [0.05, 0.1) is 18.1 Å². The summed E-state index contributed by atoms with van der Waals surface area (Å²) in [6, 6.07) is 8.50. The third kappa shape index (κ3) is 3.87. The number of hydrogen-bond donors (Lipinski definition) is 0. The van der Waals surface area contributed by atoms with Crippen molar-refractivity contribution in [2.75, 3.05) is 20.3 Å². The van der Waals surface area contributed by atoms with Crippen molar-refractivity contribution in [3.63, 3.8) is 0 Å². The summed E-state index contributed by atoms with van der Waals surface area (Å²) in [7, 11) is 1.55. The molecular weight excluding hydrogens is 360 g/mol. The van der Waals surface area contributed by atoms with Crippen LogP contribution in [0.15, 0.2) is 29.2 Å². The highest BCUT2D eigenvalue weighted by Crippen LogP contribution is 2.33. The molecule has 2 aromatic rings. The maximum absolute atomic E-state index is 12.5. The molecule has 0 atom stereocenters. The van der Waals surface area contributed by atoms with Gasteiger partial charge in [0, 0.05) is 24.2 Å². The first kappa shape index (κ1) is 19.5. The van der Waals surface area contributed by atoms with Gasteiger partial charge in [-0.2, -0.15) is 0 Å². The van der Waals surface area contributed by atoms with Gasteiger partial charge in [0.1, 0.15) is 0 Å². The van der Waals surface area contributed by atoms with E-state index in [-0.39, 0.29) is 17.7 Å². The minimum absolute atomic E-state index is 0.244. The number of thioether (sulfide) groups is 1. The number of amides is 2. The first-order valence-corrected chi connectivity index (χ1v) is 9.65. The van der Waals surface area contributed by atoms with Crippen LogP contribution < -0.4 is 0 Å². The molecular formula is C21H24N2O3S. The van der Waals surface area contributed by atoms with Crippen LogP contribution >= 0.6 is 11.8 Å². The lowest BCUT2D eigenvalue weighted by Gasteiger charge is -2.12. The molecule has 1 fully saturated rings. The van der Waals surface area contributed by atoms with Crippen LogP contribution in [0.4, 0.5) is 4.79 Å². The number of nitrogens with zero attached hydrogens (tertiary/aromatic N) is 2. The van der Waals surface area contributed by atoms with E-state index in [9.17, 15) is 9.59 Å². The second-order valence-corrected chi connectivity index (χ2v) is 7.83. The average molecular weight is 385 g/mol. The molecule has 1 aliphatic rings. The lowest BCUT2D eigenvalue weighted by Crippen LogP contribution is -2.31. The van der Waals surface area contributed by atoms with E-state index in [0.717, 1.165) is 34.4 Å². The van der Waals surface area contributed by atoms with Crippen LogP contribution in [-0.4, -0.2) is 40.9 Å². The van der Waals surface area contributed by atoms with E-state index < -0.39 is 0 Å². The predicted molar refractivity (Wildman–Crippen MR) is 109 cm³/mol. The summed E-state index contributed by atoms with van der Waals surface area (Å²) in [6.45, 7) is 8.87. The Morgan fingerprint density at radius 2 is 1.70 bits per heavy atom. The third-order valence-electron chi connectivity index (χ3n) is 4.61. The number of hydrogen-bond acceptors (Lipinski definition) is 4. The Labute approximate surface area is 164 Å². The molecule has 2 amide bonds. The van der Waals surface area contributed by atoms with E-state index in [4.69, 9.17) is 4.74 Å². The number of benzene rings is 1. The van der Waals surface area contributed by atoms with Crippen LogP contribution in [0.2, 0.25) is 0 Å². The Balaban J connectivity index is 1.96. The molecule has 1 aliphatic heterocycles. The van der Waals surface area contributed by atoms with Crippen molar-refractivity contribution in [1.29, 1.82) is 0 Å². The Morgan fingerprint density at radius 1 is 1.04 bits per heavy atom. The van der Waals surface area contributed by atoms with Crippen LogP contribution in [0.3, 0.4) is 0 Å². The molecule has 0 N–H and O–H groups in total. The minimum atomic E-state index is -0.252. The highest BCUT2D eigenvalue weighted by molar-refractivity contribution is 8.18. The second-order valence-electron chi connectivity index (χ2n) is 6.83. The zero-order valence-electron chi connectivity index (χ0n) is 16.3. The SMILES string of the molecule is COCCN1C(=O)S/C(=C/c2cc(C)n(-c3cc(C)cc(C)c3)c2C)C1=O. The standard InChI is InChI=1S/C21H24N2O3S/c1-13-8-14(2)10-18(9-13)23-15(3)11-17(16(23)4)12-19-20(24)22(6-7-26-5)21(25)27-19/h8-12H,6-7H2,1-5H3/b19-12+.